The first-order valence-corrected chi connectivity index (χ1v) is 8.36. The van der Waals surface area contributed by atoms with Crippen molar-refractivity contribution in [2.75, 3.05) is 0 Å². The Morgan fingerprint density at radius 1 is 1.08 bits per heavy atom. The van der Waals surface area contributed by atoms with Gasteiger partial charge in [-0.15, -0.1) is 0 Å². The minimum atomic E-state index is -1.01. The Morgan fingerprint density at radius 3 is 2.27 bits per heavy atom. The molecule has 1 aliphatic rings. The molecule has 0 saturated heterocycles. The first-order chi connectivity index (χ1) is 12.5. The lowest BCUT2D eigenvalue weighted by molar-refractivity contribution is -0.122. The van der Waals surface area contributed by atoms with E-state index in [1.54, 1.807) is 42.6 Å². The van der Waals surface area contributed by atoms with Crippen LogP contribution in [0.15, 0.2) is 71.7 Å². The minimum Gasteiger partial charge on any atom is -0.457 e. The second-order valence-corrected chi connectivity index (χ2v) is 6.26. The number of benzene rings is 2. The molecule has 0 spiro atoms. The predicted octanol–water partition coefficient (Wildman–Crippen LogP) is 3.41. The summed E-state index contributed by atoms with van der Waals surface area (Å²) >= 11 is 0. The van der Waals surface area contributed by atoms with E-state index in [1.165, 1.54) is 6.92 Å². The number of rotatable bonds is 7. The van der Waals surface area contributed by atoms with Gasteiger partial charge in [-0.25, -0.2) is 0 Å². The van der Waals surface area contributed by atoms with Gasteiger partial charge in [-0.1, -0.05) is 30.3 Å². The molecule has 2 unspecified atom stereocenters. The molecular weight excluding hydrogens is 328 g/mol. The van der Waals surface area contributed by atoms with Crippen LogP contribution in [0.3, 0.4) is 0 Å². The van der Waals surface area contributed by atoms with Gasteiger partial charge in [0, 0.05) is 6.21 Å². The number of amides is 1. The van der Waals surface area contributed by atoms with Crippen molar-refractivity contribution in [1.82, 2.24) is 0 Å². The third-order valence-electron chi connectivity index (χ3n) is 4.49. The van der Waals surface area contributed by atoms with Crippen molar-refractivity contribution in [2.45, 2.75) is 24.8 Å². The number of aliphatic imine (C=N–C) groups is 1. The van der Waals surface area contributed by atoms with Gasteiger partial charge in [0.2, 0.25) is 5.91 Å². The smallest absolute Gasteiger partial charge is 0.225 e. The highest BCUT2D eigenvalue weighted by molar-refractivity contribution is 5.95. The van der Waals surface area contributed by atoms with Gasteiger partial charge in [-0.3, -0.25) is 14.6 Å². The molecule has 5 nitrogen and oxygen atoms in total. The molecule has 2 N–H and O–H groups in total. The molecule has 3 rings (SSSR count). The molecule has 2 atom stereocenters. The molecule has 2 aromatic carbocycles. The fraction of sp³-hybridized carbons (Fsp3) is 0.190. The Labute approximate surface area is 152 Å². The van der Waals surface area contributed by atoms with E-state index in [4.69, 9.17) is 10.5 Å². The Balaban J connectivity index is 1.80. The molecule has 0 fully saturated rings. The van der Waals surface area contributed by atoms with Gasteiger partial charge in [-0.2, -0.15) is 0 Å². The van der Waals surface area contributed by atoms with Crippen LogP contribution in [0, 0.1) is 0 Å². The fourth-order valence-electron chi connectivity index (χ4n) is 2.98. The second kappa shape index (κ2) is 7.35. The zero-order valence-electron chi connectivity index (χ0n) is 14.5. The third-order valence-corrected chi connectivity index (χ3v) is 4.49. The molecule has 0 radical (unpaired) electrons. The summed E-state index contributed by atoms with van der Waals surface area (Å²) < 4.78 is 5.76. The van der Waals surface area contributed by atoms with Gasteiger partial charge >= 0.3 is 0 Å². The molecule has 26 heavy (non-hydrogen) atoms. The maximum Gasteiger partial charge on any atom is 0.225 e. The summed E-state index contributed by atoms with van der Waals surface area (Å²) in [4.78, 5) is 28.4. The molecule has 0 aliphatic carbocycles. The van der Waals surface area contributed by atoms with Gasteiger partial charge in [0.05, 0.1) is 5.92 Å². The molecular formula is C21H20N2O3. The lowest BCUT2D eigenvalue weighted by Crippen LogP contribution is -2.36. The topological polar surface area (TPSA) is 81.8 Å². The van der Waals surface area contributed by atoms with Crippen LogP contribution in [0.1, 0.15) is 24.8 Å². The van der Waals surface area contributed by atoms with E-state index in [0.29, 0.717) is 5.75 Å². The molecule has 5 heteroatoms. The molecule has 1 aliphatic heterocycles. The van der Waals surface area contributed by atoms with Crippen molar-refractivity contribution >= 4 is 17.9 Å². The fourth-order valence-corrected chi connectivity index (χ4v) is 2.98. The van der Waals surface area contributed by atoms with Crippen LogP contribution in [0.25, 0.3) is 0 Å². The summed E-state index contributed by atoms with van der Waals surface area (Å²) in [6, 6.07) is 16.6. The predicted molar refractivity (Wildman–Crippen MR) is 101 cm³/mol. The average molecular weight is 348 g/mol. The third kappa shape index (κ3) is 3.72. The SMILES string of the molecule is CC(=O)C1(CC(C(N)=O)c2ccc(Oc3ccccc3)cc2)C=CC=N1. The van der Waals surface area contributed by atoms with Crippen LogP contribution in [0.4, 0.5) is 0 Å². The number of ether oxygens (including phenoxy) is 1. The number of para-hydroxylation sites is 1. The van der Waals surface area contributed by atoms with Crippen molar-refractivity contribution in [3.05, 3.63) is 72.3 Å². The van der Waals surface area contributed by atoms with E-state index >= 15 is 0 Å². The van der Waals surface area contributed by atoms with E-state index in [2.05, 4.69) is 4.99 Å². The number of ketones is 1. The Kier molecular flexibility index (Phi) is 4.98. The number of carbonyl (C=O) groups excluding carboxylic acids is 2. The van der Waals surface area contributed by atoms with Crippen LogP contribution >= 0.6 is 0 Å². The van der Waals surface area contributed by atoms with E-state index in [0.717, 1.165) is 11.3 Å². The van der Waals surface area contributed by atoms with Crippen molar-refractivity contribution < 1.29 is 14.3 Å². The number of nitrogens with two attached hydrogens (primary N) is 1. The zero-order chi connectivity index (χ0) is 18.6. The quantitative estimate of drug-likeness (QED) is 0.832. The number of allylic oxidation sites excluding steroid dienone is 1. The molecule has 132 valence electrons. The van der Waals surface area contributed by atoms with Crippen LogP contribution in [-0.4, -0.2) is 23.4 Å². The highest BCUT2D eigenvalue weighted by Gasteiger charge is 2.38. The second-order valence-electron chi connectivity index (χ2n) is 6.26. The molecule has 0 bridgehead atoms. The van der Waals surface area contributed by atoms with Gasteiger partial charge in [0.1, 0.15) is 17.0 Å². The van der Waals surface area contributed by atoms with Crippen LogP contribution < -0.4 is 10.5 Å². The van der Waals surface area contributed by atoms with Crippen LogP contribution in [-0.2, 0) is 9.59 Å². The van der Waals surface area contributed by atoms with Gasteiger partial charge < -0.3 is 10.5 Å². The van der Waals surface area contributed by atoms with Crippen molar-refractivity contribution in [2.24, 2.45) is 10.7 Å². The van der Waals surface area contributed by atoms with Crippen LogP contribution in [0.2, 0.25) is 0 Å². The largest absolute Gasteiger partial charge is 0.457 e. The Bertz CT molecular complexity index is 843. The maximum atomic E-state index is 12.1. The van der Waals surface area contributed by atoms with Crippen molar-refractivity contribution in [3.63, 3.8) is 0 Å². The summed E-state index contributed by atoms with van der Waals surface area (Å²) in [6.07, 6.45) is 5.23. The number of primary amides is 1. The monoisotopic (exact) mass is 348 g/mol. The van der Waals surface area contributed by atoms with Crippen LogP contribution in [0.5, 0.6) is 11.5 Å². The molecule has 0 aromatic heterocycles. The number of Topliss-reactive ketones (excluding diaryl/α,β-unsaturated/α-hetero) is 1. The summed E-state index contributed by atoms with van der Waals surface area (Å²) in [5.41, 5.74) is 5.33. The van der Waals surface area contributed by atoms with E-state index in [9.17, 15) is 9.59 Å². The normalized spacial score (nSPS) is 19.3. The number of hydrogen-bond acceptors (Lipinski definition) is 4. The highest BCUT2D eigenvalue weighted by atomic mass is 16.5. The van der Waals surface area contributed by atoms with E-state index in [-0.39, 0.29) is 12.2 Å². The van der Waals surface area contributed by atoms with Gasteiger partial charge in [-0.05, 0) is 55.3 Å². The summed E-state index contributed by atoms with van der Waals surface area (Å²) in [5.74, 6) is 0.163. The molecule has 1 heterocycles. The minimum absolute atomic E-state index is 0.113. The highest BCUT2D eigenvalue weighted by Crippen LogP contribution is 2.33. The number of carbonyl (C=O) groups is 2. The van der Waals surface area contributed by atoms with Crippen molar-refractivity contribution in [3.8, 4) is 11.5 Å². The first kappa shape index (κ1) is 17.6. The molecule has 0 saturated carbocycles. The Hall–Kier alpha value is -3.21. The number of hydrogen-bond donors (Lipinski definition) is 1. The van der Waals surface area contributed by atoms with Gasteiger partial charge in [0.25, 0.3) is 0 Å². The van der Waals surface area contributed by atoms with Gasteiger partial charge in [0.15, 0.2) is 5.78 Å². The lowest BCUT2D eigenvalue weighted by atomic mass is 9.81. The first-order valence-electron chi connectivity index (χ1n) is 8.36. The summed E-state index contributed by atoms with van der Waals surface area (Å²) in [7, 11) is 0. The summed E-state index contributed by atoms with van der Waals surface area (Å²) in [6.45, 7) is 1.47. The zero-order valence-corrected chi connectivity index (χ0v) is 14.5. The maximum absolute atomic E-state index is 12.1. The Morgan fingerprint density at radius 2 is 1.73 bits per heavy atom. The van der Waals surface area contributed by atoms with E-state index in [1.807, 2.05) is 30.3 Å². The van der Waals surface area contributed by atoms with E-state index < -0.39 is 17.4 Å². The van der Waals surface area contributed by atoms with Crippen molar-refractivity contribution in [1.29, 1.82) is 0 Å². The number of nitrogens with zero attached hydrogens (tertiary/aromatic N) is 1. The standard InChI is InChI=1S/C21H20N2O3/c1-15(24)21(12-5-13-23-21)14-19(20(22)25)16-8-10-18(11-9-16)26-17-6-3-2-4-7-17/h2-13,19H,14H2,1H3,(H2,22,25). The molecule has 2 aromatic rings. The molecule has 1 amide bonds. The lowest BCUT2D eigenvalue weighted by Gasteiger charge is -2.25. The average Bonchev–Trinajstić information content (AvgIpc) is 3.11. The summed E-state index contributed by atoms with van der Waals surface area (Å²) in [5, 5.41) is 0.